The van der Waals surface area contributed by atoms with E-state index in [0.29, 0.717) is 0 Å². The van der Waals surface area contributed by atoms with E-state index in [1.165, 1.54) is 45.2 Å². The summed E-state index contributed by atoms with van der Waals surface area (Å²) in [5.74, 6) is 1.88. The van der Waals surface area contributed by atoms with Crippen LogP contribution in [0.4, 0.5) is 0 Å². The van der Waals surface area contributed by atoms with Crippen LogP contribution in [-0.4, -0.2) is 36.1 Å². The quantitative estimate of drug-likeness (QED) is 0.826. The van der Waals surface area contributed by atoms with Gasteiger partial charge in [-0.05, 0) is 37.5 Å². The van der Waals surface area contributed by atoms with Crippen molar-refractivity contribution >= 4 is 0 Å². The van der Waals surface area contributed by atoms with Gasteiger partial charge in [-0.15, -0.1) is 0 Å². The Bertz CT molecular complexity index is 253. The molecule has 1 aliphatic heterocycles. The summed E-state index contributed by atoms with van der Waals surface area (Å²) in [6.45, 7) is 12.0. The number of hydrogen-bond acceptors (Lipinski definition) is 2. The van der Waals surface area contributed by atoms with E-state index in [-0.39, 0.29) is 0 Å². The van der Waals surface area contributed by atoms with Gasteiger partial charge in [0.05, 0.1) is 0 Å². The summed E-state index contributed by atoms with van der Waals surface area (Å²) in [5, 5.41) is 3.72. The van der Waals surface area contributed by atoms with Crippen LogP contribution in [0.1, 0.15) is 59.8 Å². The lowest BCUT2D eigenvalue weighted by Gasteiger charge is -2.45. The van der Waals surface area contributed by atoms with Crippen molar-refractivity contribution in [3.05, 3.63) is 0 Å². The Balaban J connectivity index is 2.04. The van der Waals surface area contributed by atoms with Crippen molar-refractivity contribution in [1.82, 2.24) is 10.2 Å². The normalized spacial score (nSPS) is 42.3. The number of piperazine rings is 1. The van der Waals surface area contributed by atoms with E-state index in [2.05, 4.69) is 37.9 Å². The minimum atomic E-state index is 0.723. The van der Waals surface area contributed by atoms with E-state index in [4.69, 9.17) is 0 Å². The van der Waals surface area contributed by atoms with Crippen LogP contribution in [0.2, 0.25) is 0 Å². The minimum absolute atomic E-state index is 0.723. The fraction of sp³-hybridized carbons (Fsp3) is 1.00. The molecule has 106 valence electrons. The smallest absolute Gasteiger partial charge is 0.0221 e. The van der Waals surface area contributed by atoms with E-state index >= 15 is 0 Å². The van der Waals surface area contributed by atoms with Gasteiger partial charge in [-0.25, -0.2) is 0 Å². The van der Waals surface area contributed by atoms with Crippen molar-refractivity contribution in [1.29, 1.82) is 0 Å². The highest BCUT2D eigenvalue weighted by atomic mass is 15.3. The lowest BCUT2D eigenvalue weighted by Crippen LogP contribution is -2.59. The molecular formula is C16H32N2. The lowest BCUT2D eigenvalue weighted by atomic mass is 9.91. The molecule has 0 aromatic carbocycles. The van der Waals surface area contributed by atoms with Crippen molar-refractivity contribution in [2.45, 2.75) is 77.9 Å². The Morgan fingerprint density at radius 2 is 1.83 bits per heavy atom. The van der Waals surface area contributed by atoms with Crippen LogP contribution in [0.5, 0.6) is 0 Å². The maximum atomic E-state index is 3.72. The number of nitrogens with one attached hydrogen (secondary N) is 1. The maximum Gasteiger partial charge on any atom is 0.0221 e. The summed E-state index contributed by atoms with van der Waals surface area (Å²) in [4.78, 5) is 2.87. The van der Waals surface area contributed by atoms with Crippen molar-refractivity contribution in [3.63, 3.8) is 0 Å². The summed E-state index contributed by atoms with van der Waals surface area (Å²) >= 11 is 0. The highest BCUT2D eigenvalue weighted by Gasteiger charge is 2.39. The minimum Gasteiger partial charge on any atom is -0.311 e. The average Bonchev–Trinajstić information content (AvgIpc) is 2.78. The second-order valence-electron chi connectivity index (χ2n) is 6.44. The molecule has 0 amide bonds. The first kappa shape index (κ1) is 14.3. The van der Waals surface area contributed by atoms with Gasteiger partial charge in [-0.2, -0.15) is 0 Å². The zero-order valence-corrected chi connectivity index (χ0v) is 12.8. The zero-order chi connectivity index (χ0) is 13.1. The molecule has 1 saturated carbocycles. The van der Waals surface area contributed by atoms with Crippen molar-refractivity contribution in [2.75, 3.05) is 13.1 Å². The number of hydrogen-bond donors (Lipinski definition) is 1. The van der Waals surface area contributed by atoms with E-state index < -0.39 is 0 Å². The molecule has 0 bridgehead atoms. The van der Waals surface area contributed by atoms with Crippen LogP contribution in [0.25, 0.3) is 0 Å². The molecule has 1 aliphatic carbocycles. The van der Waals surface area contributed by atoms with Gasteiger partial charge in [0, 0.05) is 31.2 Å². The highest BCUT2D eigenvalue weighted by molar-refractivity contribution is 4.95. The summed E-state index contributed by atoms with van der Waals surface area (Å²) in [6, 6.07) is 2.35. The highest BCUT2D eigenvalue weighted by Crippen LogP contribution is 2.38. The summed E-state index contributed by atoms with van der Waals surface area (Å²) in [7, 11) is 0. The van der Waals surface area contributed by atoms with E-state index in [0.717, 1.165) is 30.0 Å². The molecule has 0 aromatic heterocycles. The van der Waals surface area contributed by atoms with Gasteiger partial charge < -0.3 is 5.32 Å². The zero-order valence-electron chi connectivity index (χ0n) is 12.8. The van der Waals surface area contributed by atoms with Gasteiger partial charge >= 0.3 is 0 Å². The first-order valence-electron chi connectivity index (χ1n) is 8.20. The standard InChI is InChI=1S/C16H32N2/c1-5-13-8-9-16(12(13)4)18-11-14(6-2)17-10-15(18)7-3/h12-17H,5-11H2,1-4H3. The monoisotopic (exact) mass is 252 g/mol. The molecule has 0 radical (unpaired) electrons. The Kier molecular flexibility index (Phi) is 5.08. The Morgan fingerprint density at radius 1 is 1.06 bits per heavy atom. The largest absolute Gasteiger partial charge is 0.311 e. The molecule has 1 saturated heterocycles. The van der Waals surface area contributed by atoms with E-state index in [1.54, 1.807) is 0 Å². The Morgan fingerprint density at radius 3 is 2.39 bits per heavy atom. The third-order valence-corrected chi connectivity index (χ3v) is 5.64. The molecule has 5 unspecified atom stereocenters. The van der Waals surface area contributed by atoms with Gasteiger partial charge in [-0.1, -0.05) is 34.1 Å². The number of nitrogens with zero attached hydrogens (tertiary/aromatic N) is 1. The van der Waals surface area contributed by atoms with Crippen LogP contribution < -0.4 is 5.32 Å². The fourth-order valence-corrected chi connectivity index (χ4v) is 4.22. The Labute approximate surface area is 114 Å². The van der Waals surface area contributed by atoms with Gasteiger partial charge in [0.2, 0.25) is 0 Å². The van der Waals surface area contributed by atoms with E-state index in [1.807, 2.05) is 0 Å². The molecule has 0 aromatic rings. The van der Waals surface area contributed by atoms with E-state index in [9.17, 15) is 0 Å². The van der Waals surface area contributed by atoms with Crippen LogP contribution in [0.15, 0.2) is 0 Å². The second-order valence-corrected chi connectivity index (χ2v) is 6.44. The molecule has 18 heavy (non-hydrogen) atoms. The number of rotatable bonds is 4. The van der Waals surface area contributed by atoms with Crippen LogP contribution >= 0.6 is 0 Å². The summed E-state index contributed by atoms with van der Waals surface area (Å²) in [5.41, 5.74) is 0. The van der Waals surface area contributed by atoms with Gasteiger partial charge in [0.25, 0.3) is 0 Å². The van der Waals surface area contributed by atoms with Gasteiger partial charge in [0.15, 0.2) is 0 Å². The molecule has 2 heteroatoms. The Hall–Kier alpha value is -0.0800. The van der Waals surface area contributed by atoms with Gasteiger partial charge in [-0.3, -0.25) is 4.90 Å². The predicted octanol–water partition coefficient (Wildman–Crippen LogP) is 3.27. The molecule has 1 heterocycles. The maximum absolute atomic E-state index is 3.72. The van der Waals surface area contributed by atoms with Crippen molar-refractivity contribution < 1.29 is 0 Å². The fourth-order valence-electron chi connectivity index (χ4n) is 4.22. The molecule has 0 spiro atoms. The third kappa shape index (κ3) is 2.75. The summed E-state index contributed by atoms with van der Waals surface area (Å²) in [6.07, 6.45) is 6.83. The SMILES string of the molecule is CCC1CN(C2CCC(CC)C2C)C(CC)CN1. The second kappa shape index (κ2) is 6.38. The molecule has 2 rings (SSSR count). The van der Waals surface area contributed by atoms with Gasteiger partial charge in [0.1, 0.15) is 0 Å². The summed E-state index contributed by atoms with van der Waals surface area (Å²) < 4.78 is 0. The molecule has 2 aliphatic rings. The third-order valence-electron chi connectivity index (χ3n) is 5.64. The molecule has 2 nitrogen and oxygen atoms in total. The molecule has 2 fully saturated rings. The van der Waals surface area contributed by atoms with Crippen molar-refractivity contribution in [3.8, 4) is 0 Å². The first-order valence-corrected chi connectivity index (χ1v) is 8.20. The molecule has 1 N–H and O–H groups in total. The first-order chi connectivity index (χ1) is 8.71. The lowest BCUT2D eigenvalue weighted by molar-refractivity contribution is 0.0569. The molecule has 5 atom stereocenters. The average molecular weight is 252 g/mol. The van der Waals surface area contributed by atoms with Crippen LogP contribution in [0, 0.1) is 11.8 Å². The molecular weight excluding hydrogens is 220 g/mol. The van der Waals surface area contributed by atoms with Crippen LogP contribution in [0.3, 0.4) is 0 Å². The predicted molar refractivity (Wildman–Crippen MR) is 78.8 cm³/mol. The topological polar surface area (TPSA) is 15.3 Å². The van der Waals surface area contributed by atoms with Crippen molar-refractivity contribution in [2.24, 2.45) is 11.8 Å². The van der Waals surface area contributed by atoms with Crippen LogP contribution in [-0.2, 0) is 0 Å².